The molecule has 0 aromatic rings. The Morgan fingerprint density at radius 3 is 2.20 bits per heavy atom. The van der Waals surface area contributed by atoms with Crippen molar-refractivity contribution >= 4 is 9.84 Å². The molecule has 0 aromatic carbocycles. The van der Waals surface area contributed by atoms with Crippen molar-refractivity contribution in [1.29, 1.82) is 0 Å². The number of alkyl halides is 2. The molecule has 59 valence electrons. The van der Waals surface area contributed by atoms with Gasteiger partial charge in [0.15, 0.2) is 9.84 Å². The Balaban J connectivity index is 2.51. The molecule has 1 rings (SSSR count). The average molecular weight is 169 g/mol. The minimum absolute atomic E-state index is 0.285. The van der Waals surface area contributed by atoms with E-state index >= 15 is 0 Å². The maximum Gasteiger partial charge on any atom is 0.252 e. The van der Waals surface area contributed by atoms with Crippen LogP contribution in [-0.2, 0) is 9.84 Å². The van der Waals surface area contributed by atoms with Crippen LogP contribution in [0.5, 0.6) is 0 Å². The third kappa shape index (κ3) is 1.90. The summed E-state index contributed by atoms with van der Waals surface area (Å²) in [5, 5.41) is 0.285. The number of hydrogen-bond acceptors (Lipinski definition) is 2. The number of hydrogen-bond donors (Lipinski definition) is 0. The Kier molecular flexibility index (Phi) is 1.94. The summed E-state index contributed by atoms with van der Waals surface area (Å²) in [6.45, 7) is 0. The summed E-state index contributed by atoms with van der Waals surface area (Å²) in [5.41, 5.74) is 0. The van der Waals surface area contributed by atoms with E-state index in [2.05, 4.69) is 0 Å². The normalized spacial score (nSPS) is 19.9. The average Bonchev–Trinajstić information content (AvgIpc) is 2.35. The van der Waals surface area contributed by atoms with Crippen LogP contribution >= 0.6 is 0 Å². The Labute approximate surface area is 58.1 Å². The van der Waals surface area contributed by atoms with Gasteiger partial charge in [-0.15, -0.1) is 0 Å². The summed E-state index contributed by atoms with van der Waals surface area (Å²) in [6, 6.07) is 0. The lowest BCUT2D eigenvalue weighted by atomic mass is 10.9. The lowest BCUT2D eigenvalue weighted by Gasteiger charge is -1.98. The smallest absolute Gasteiger partial charge is 0.228 e. The first-order valence-corrected chi connectivity index (χ1v) is 4.53. The lowest BCUT2D eigenvalue weighted by molar-refractivity contribution is 0.174. The summed E-state index contributed by atoms with van der Waals surface area (Å²) in [6.07, 6.45) is -1.78. The Morgan fingerprint density at radius 2 is 1.90 bits per heavy atom. The molecule has 0 unspecified atom stereocenters. The molecule has 0 N–H and O–H groups in total. The topological polar surface area (TPSA) is 34.1 Å². The van der Waals surface area contributed by atoms with Gasteiger partial charge in [-0.05, 0) is 12.8 Å². The van der Waals surface area contributed by atoms with E-state index in [1.807, 2.05) is 0 Å². The zero-order valence-corrected chi connectivity index (χ0v) is 6.00. The molecule has 1 aliphatic rings. The number of halogens is 2. The van der Waals surface area contributed by atoms with Crippen molar-refractivity contribution in [3.8, 4) is 0 Å². The van der Waals surface area contributed by atoms with Crippen LogP contribution in [0.4, 0.5) is 8.78 Å². The molecule has 0 heterocycles. The van der Waals surface area contributed by atoms with Crippen molar-refractivity contribution < 1.29 is 17.2 Å². The Bertz CT molecular complexity index is 206. The van der Waals surface area contributed by atoms with Gasteiger partial charge in [0.1, 0.15) is 5.75 Å². The van der Waals surface area contributed by atoms with E-state index in [0.29, 0.717) is 12.8 Å². The van der Waals surface area contributed by atoms with Gasteiger partial charge in [0.2, 0.25) is 0 Å². The molecule has 0 amide bonds. The van der Waals surface area contributed by atoms with Crippen LogP contribution in [0.1, 0.15) is 12.8 Å². The van der Waals surface area contributed by atoms with Gasteiger partial charge in [-0.25, -0.2) is 17.2 Å². The monoisotopic (exact) mass is 169 g/mol. The summed E-state index contributed by atoms with van der Waals surface area (Å²) in [5.74, 6) is -0.998. The number of sulfone groups is 1. The van der Waals surface area contributed by atoms with Gasteiger partial charge in [0.25, 0.3) is 6.43 Å². The van der Waals surface area contributed by atoms with Gasteiger partial charge in [-0.3, -0.25) is 0 Å². The first-order chi connectivity index (χ1) is 4.52. The van der Waals surface area contributed by atoms with E-state index in [4.69, 9.17) is 0 Å². The molecule has 1 fully saturated rings. The van der Waals surface area contributed by atoms with Crippen LogP contribution in [0.25, 0.3) is 0 Å². The van der Waals surface area contributed by atoms with E-state index in [1.54, 1.807) is 0 Å². The summed E-state index contributed by atoms with van der Waals surface area (Å²) in [7, 11) is -3.52. The summed E-state index contributed by atoms with van der Waals surface area (Å²) < 4.78 is 44.4. The zero-order valence-electron chi connectivity index (χ0n) is 5.18. The first kappa shape index (κ1) is 7.91. The van der Waals surface area contributed by atoms with Gasteiger partial charge >= 0.3 is 0 Å². The fourth-order valence-corrected chi connectivity index (χ4v) is 1.94. The quantitative estimate of drug-likeness (QED) is 0.631. The van der Waals surface area contributed by atoms with Crippen molar-refractivity contribution in [3.05, 3.63) is 5.25 Å². The molecule has 0 aromatic heterocycles. The third-order valence-electron chi connectivity index (χ3n) is 1.24. The van der Waals surface area contributed by atoms with Gasteiger partial charge < -0.3 is 0 Å². The van der Waals surface area contributed by atoms with Crippen LogP contribution < -0.4 is 0 Å². The van der Waals surface area contributed by atoms with Gasteiger partial charge in [0.05, 0.1) is 5.25 Å². The molecule has 0 saturated heterocycles. The second-order valence-corrected chi connectivity index (χ2v) is 4.35. The maximum absolute atomic E-state index is 11.5. The molecule has 2 nitrogen and oxygen atoms in total. The van der Waals surface area contributed by atoms with E-state index in [1.165, 1.54) is 0 Å². The second-order valence-electron chi connectivity index (χ2n) is 2.21. The fourth-order valence-electron chi connectivity index (χ4n) is 0.646. The van der Waals surface area contributed by atoms with Crippen molar-refractivity contribution in [2.24, 2.45) is 0 Å². The molecule has 0 aliphatic heterocycles. The predicted octanol–water partition coefficient (Wildman–Crippen LogP) is 0.992. The van der Waals surface area contributed by atoms with Crippen LogP contribution in [-0.4, -0.2) is 20.6 Å². The summed E-state index contributed by atoms with van der Waals surface area (Å²) >= 11 is 0. The maximum atomic E-state index is 11.5. The molecular formula is C5H7F2O2S. The summed E-state index contributed by atoms with van der Waals surface area (Å²) in [4.78, 5) is 0. The first-order valence-electron chi connectivity index (χ1n) is 2.88. The van der Waals surface area contributed by atoms with Crippen LogP contribution in [0, 0.1) is 5.25 Å². The highest BCUT2D eigenvalue weighted by atomic mass is 32.2. The van der Waals surface area contributed by atoms with Crippen molar-refractivity contribution in [1.82, 2.24) is 0 Å². The highest BCUT2D eigenvalue weighted by Crippen LogP contribution is 2.38. The molecule has 10 heavy (non-hydrogen) atoms. The van der Waals surface area contributed by atoms with Crippen molar-refractivity contribution in [2.75, 3.05) is 5.75 Å². The van der Waals surface area contributed by atoms with E-state index in [-0.39, 0.29) is 5.25 Å². The van der Waals surface area contributed by atoms with Gasteiger partial charge in [0, 0.05) is 0 Å². The lowest BCUT2D eigenvalue weighted by Crippen LogP contribution is -2.13. The van der Waals surface area contributed by atoms with E-state index < -0.39 is 22.0 Å². The predicted molar refractivity (Wildman–Crippen MR) is 32.3 cm³/mol. The minimum Gasteiger partial charge on any atom is -0.228 e. The molecule has 0 atom stereocenters. The van der Waals surface area contributed by atoms with Crippen LogP contribution in [0.2, 0.25) is 0 Å². The van der Waals surface area contributed by atoms with Gasteiger partial charge in [-0.1, -0.05) is 0 Å². The number of rotatable bonds is 3. The highest BCUT2D eigenvalue weighted by Gasteiger charge is 2.38. The Morgan fingerprint density at radius 1 is 1.40 bits per heavy atom. The molecule has 1 radical (unpaired) electrons. The molecule has 1 saturated carbocycles. The second kappa shape index (κ2) is 2.45. The Hall–Kier alpha value is -0.190. The van der Waals surface area contributed by atoms with Gasteiger partial charge in [-0.2, -0.15) is 0 Å². The van der Waals surface area contributed by atoms with Crippen LogP contribution in [0.3, 0.4) is 0 Å². The van der Waals surface area contributed by atoms with E-state index in [0.717, 1.165) is 0 Å². The third-order valence-corrected chi connectivity index (χ3v) is 3.22. The molecule has 0 bridgehead atoms. The fraction of sp³-hybridized carbons (Fsp3) is 0.800. The highest BCUT2D eigenvalue weighted by molar-refractivity contribution is 7.94. The standard InChI is InChI=1S/C5H7F2O2S/c6-5(7)3-10(8,9)4-1-2-4/h5H,1-3H2. The molecule has 1 aliphatic carbocycles. The molecule has 5 heteroatoms. The van der Waals surface area contributed by atoms with Crippen LogP contribution in [0.15, 0.2) is 0 Å². The molecular weight excluding hydrogens is 162 g/mol. The minimum atomic E-state index is -3.52. The van der Waals surface area contributed by atoms with Crippen molar-refractivity contribution in [3.63, 3.8) is 0 Å². The molecule has 0 spiro atoms. The largest absolute Gasteiger partial charge is 0.252 e. The SMILES string of the molecule is O=S(=O)(CC(F)F)[C]1CC1. The zero-order chi connectivity index (χ0) is 7.78. The van der Waals surface area contributed by atoms with E-state index in [9.17, 15) is 17.2 Å². The van der Waals surface area contributed by atoms with Crippen molar-refractivity contribution in [2.45, 2.75) is 19.3 Å².